The predicted octanol–water partition coefficient (Wildman–Crippen LogP) is 4.76. The molecule has 0 aliphatic heterocycles. The van der Waals surface area contributed by atoms with Gasteiger partial charge in [-0.1, -0.05) is 74.5 Å². The summed E-state index contributed by atoms with van der Waals surface area (Å²) in [7, 11) is 0. The monoisotopic (exact) mass is 320 g/mol. The minimum absolute atomic E-state index is 0.0786. The van der Waals surface area contributed by atoms with Crippen molar-refractivity contribution in [1.29, 1.82) is 0 Å². The van der Waals surface area contributed by atoms with Crippen molar-refractivity contribution in [2.45, 2.75) is 39.0 Å². The van der Waals surface area contributed by atoms with Crippen molar-refractivity contribution in [3.63, 3.8) is 0 Å². The third-order valence-corrected chi connectivity index (χ3v) is 5.90. The highest BCUT2D eigenvalue weighted by atomic mass is 16.1. The summed E-state index contributed by atoms with van der Waals surface area (Å²) in [6.45, 7) is 5.70. The molecule has 1 fully saturated rings. The Hall–Kier alpha value is -2.22. The van der Waals surface area contributed by atoms with E-state index in [0.717, 1.165) is 11.1 Å². The maximum Gasteiger partial charge on any atom is 0.136 e. The first-order valence-corrected chi connectivity index (χ1v) is 8.60. The first-order valence-electron chi connectivity index (χ1n) is 8.60. The number of Topliss-reactive ketones (excluding diaryl/α,β-unsaturated/α-hetero) is 2. The van der Waals surface area contributed by atoms with Gasteiger partial charge in [0.1, 0.15) is 11.6 Å². The number of hydrogen-bond donors (Lipinski definition) is 0. The van der Waals surface area contributed by atoms with Crippen LogP contribution in [0.2, 0.25) is 0 Å². The minimum atomic E-state index is -0.587. The Labute approximate surface area is 143 Å². The Bertz CT molecular complexity index is 735. The quantitative estimate of drug-likeness (QED) is 0.817. The molecule has 2 aromatic carbocycles. The van der Waals surface area contributed by atoms with Gasteiger partial charge in [0, 0.05) is 29.6 Å². The second-order valence-electron chi connectivity index (χ2n) is 7.15. The molecule has 2 nitrogen and oxygen atoms in total. The van der Waals surface area contributed by atoms with E-state index in [-0.39, 0.29) is 29.3 Å². The number of carbonyl (C=O) groups is 2. The SMILES string of the molecule is CC(=O)C1(C)C(c2ccccc2)CC(=O)C(C)C1c1ccccc1. The lowest BCUT2D eigenvalue weighted by Crippen LogP contribution is -2.48. The van der Waals surface area contributed by atoms with E-state index < -0.39 is 5.41 Å². The van der Waals surface area contributed by atoms with E-state index in [1.54, 1.807) is 6.92 Å². The molecule has 3 rings (SSSR count). The number of carbonyl (C=O) groups excluding carboxylic acids is 2. The fourth-order valence-corrected chi connectivity index (χ4v) is 4.43. The molecule has 0 N–H and O–H groups in total. The lowest BCUT2D eigenvalue weighted by molar-refractivity contribution is -0.138. The highest BCUT2D eigenvalue weighted by molar-refractivity contribution is 5.92. The molecule has 1 saturated carbocycles. The van der Waals surface area contributed by atoms with Crippen molar-refractivity contribution in [2.24, 2.45) is 11.3 Å². The van der Waals surface area contributed by atoms with E-state index in [9.17, 15) is 9.59 Å². The van der Waals surface area contributed by atoms with Gasteiger partial charge in [-0.2, -0.15) is 0 Å². The molecule has 1 aliphatic rings. The Morgan fingerprint density at radius 2 is 1.46 bits per heavy atom. The molecule has 0 bridgehead atoms. The number of benzene rings is 2. The van der Waals surface area contributed by atoms with Crippen LogP contribution in [0.5, 0.6) is 0 Å². The number of rotatable bonds is 3. The van der Waals surface area contributed by atoms with Crippen LogP contribution < -0.4 is 0 Å². The van der Waals surface area contributed by atoms with Gasteiger partial charge < -0.3 is 0 Å². The second-order valence-corrected chi connectivity index (χ2v) is 7.15. The fourth-order valence-electron chi connectivity index (χ4n) is 4.43. The largest absolute Gasteiger partial charge is 0.299 e. The van der Waals surface area contributed by atoms with Crippen LogP contribution in [-0.2, 0) is 9.59 Å². The molecule has 0 saturated heterocycles. The van der Waals surface area contributed by atoms with Gasteiger partial charge in [0.15, 0.2) is 0 Å². The van der Waals surface area contributed by atoms with Crippen molar-refractivity contribution >= 4 is 11.6 Å². The maximum atomic E-state index is 12.8. The van der Waals surface area contributed by atoms with Crippen LogP contribution in [0, 0.1) is 11.3 Å². The van der Waals surface area contributed by atoms with Crippen LogP contribution in [0.25, 0.3) is 0 Å². The second kappa shape index (κ2) is 6.35. The van der Waals surface area contributed by atoms with Gasteiger partial charge in [0.05, 0.1) is 0 Å². The average Bonchev–Trinajstić information content (AvgIpc) is 2.60. The standard InChI is InChI=1S/C22H24O2/c1-15-20(24)14-19(17-10-6-4-7-11-17)22(3,16(2)23)21(15)18-12-8-5-9-13-18/h4-13,15,19,21H,14H2,1-3H3. The first kappa shape index (κ1) is 16.6. The van der Waals surface area contributed by atoms with Crippen LogP contribution in [0.4, 0.5) is 0 Å². The summed E-state index contributed by atoms with van der Waals surface area (Å²) < 4.78 is 0. The molecule has 4 unspecified atom stereocenters. The molecule has 24 heavy (non-hydrogen) atoms. The molecule has 124 valence electrons. The molecule has 4 atom stereocenters. The molecule has 0 radical (unpaired) electrons. The lowest BCUT2D eigenvalue weighted by atomic mass is 9.52. The van der Waals surface area contributed by atoms with E-state index in [2.05, 4.69) is 0 Å². The van der Waals surface area contributed by atoms with E-state index in [0.29, 0.717) is 6.42 Å². The van der Waals surface area contributed by atoms with Gasteiger partial charge in [-0.3, -0.25) is 9.59 Å². The average molecular weight is 320 g/mol. The number of hydrogen-bond acceptors (Lipinski definition) is 2. The summed E-state index contributed by atoms with van der Waals surface area (Å²) in [5.41, 5.74) is 1.57. The first-order chi connectivity index (χ1) is 11.5. The van der Waals surface area contributed by atoms with Gasteiger partial charge in [0.25, 0.3) is 0 Å². The van der Waals surface area contributed by atoms with Gasteiger partial charge in [-0.05, 0) is 18.1 Å². The molecule has 1 aliphatic carbocycles. The molecule has 2 heteroatoms. The normalized spacial score (nSPS) is 30.1. The Balaban J connectivity index is 2.18. The zero-order chi connectivity index (χ0) is 17.3. The predicted molar refractivity (Wildman–Crippen MR) is 95.9 cm³/mol. The van der Waals surface area contributed by atoms with Crippen molar-refractivity contribution in [1.82, 2.24) is 0 Å². The Morgan fingerprint density at radius 1 is 0.958 bits per heavy atom. The van der Waals surface area contributed by atoms with Crippen molar-refractivity contribution in [2.75, 3.05) is 0 Å². The zero-order valence-electron chi connectivity index (χ0n) is 14.5. The van der Waals surface area contributed by atoms with Gasteiger partial charge >= 0.3 is 0 Å². The fraction of sp³-hybridized carbons (Fsp3) is 0.364. The molecule has 0 spiro atoms. The van der Waals surface area contributed by atoms with E-state index in [1.807, 2.05) is 74.5 Å². The molecular weight excluding hydrogens is 296 g/mol. The summed E-state index contributed by atoms with van der Waals surface area (Å²) in [6, 6.07) is 20.0. The molecular formula is C22H24O2. The summed E-state index contributed by atoms with van der Waals surface area (Å²) in [5, 5.41) is 0. The Kier molecular flexibility index (Phi) is 4.40. The summed E-state index contributed by atoms with van der Waals surface area (Å²) in [6.07, 6.45) is 0.435. The zero-order valence-corrected chi connectivity index (χ0v) is 14.5. The summed E-state index contributed by atoms with van der Waals surface area (Å²) in [5.74, 6) is 0.0787. The summed E-state index contributed by atoms with van der Waals surface area (Å²) in [4.78, 5) is 25.6. The van der Waals surface area contributed by atoms with Crippen LogP contribution >= 0.6 is 0 Å². The molecule has 2 aromatic rings. The minimum Gasteiger partial charge on any atom is -0.299 e. The maximum absolute atomic E-state index is 12.8. The third-order valence-electron chi connectivity index (χ3n) is 5.90. The smallest absolute Gasteiger partial charge is 0.136 e. The van der Waals surface area contributed by atoms with Gasteiger partial charge in [-0.15, -0.1) is 0 Å². The third kappa shape index (κ3) is 2.60. The van der Waals surface area contributed by atoms with E-state index in [1.165, 1.54) is 0 Å². The van der Waals surface area contributed by atoms with Crippen LogP contribution in [0.15, 0.2) is 60.7 Å². The lowest BCUT2D eigenvalue weighted by Gasteiger charge is -2.48. The van der Waals surface area contributed by atoms with E-state index >= 15 is 0 Å². The molecule has 0 amide bonds. The van der Waals surface area contributed by atoms with Crippen molar-refractivity contribution in [3.05, 3.63) is 71.8 Å². The summed E-state index contributed by atoms with van der Waals surface area (Å²) >= 11 is 0. The van der Waals surface area contributed by atoms with Gasteiger partial charge in [-0.25, -0.2) is 0 Å². The Morgan fingerprint density at radius 3 is 1.96 bits per heavy atom. The van der Waals surface area contributed by atoms with E-state index in [4.69, 9.17) is 0 Å². The highest BCUT2D eigenvalue weighted by Gasteiger charge is 2.54. The molecule has 0 heterocycles. The van der Waals surface area contributed by atoms with Crippen LogP contribution in [0.1, 0.15) is 50.2 Å². The van der Waals surface area contributed by atoms with Crippen molar-refractivity contribution < 1.29 is 9.59 Å². The molecule has 0 aromatic heterocycles. The van der Waals surface area contributed by atoms with Gasteiger partial charge in [0.2, 0.25) is 0 Å². The highest BCUT2D eigenvalue weighted by Crippen LogP contribution is 2.56. The topological polar surface area (TPSA) is 34.1 Å². The van der Waals surface area contributed by atoms with Crippen molar-refractivity contribution in [3.8, 4) is 0 Å². The van der Waals surface area contributed by atoms with Crippen LogP contribution in [0.3, 0.4) is 0 Å². The van der Waals surface area contributed by atoms with Crippen LogP contribution in [-0.4, -0.2) is 11.6 Å². The number of ketones is 2.